The maximum Gasteiger partial charge on any atom is 0.0951 e. The van der Waals surface area contributed by atoms with Crippen LogP contribution < -0.4 is 10.6 Å². The molecular weight excluding hydrogens is 248 g/mol. The molecule has 3 rings (SSSR count). The molecule has 0 aliphatic heterocycles. The van der Waals surface area contributed by atoms with Crippen LogP contribution in [0, 0.1) is 0 Å². The highest BCUT2D eigenvalue weighted by atomic mass is 15.1. The second-order valence-corrected chi connectivity index (χ2v) is 4.79. The largest absolute Gasteiger partial charge is 0.397 e. The normalized spacial score (nSPS) is 10.7. The minimum Gasteiger partial charge on any atom is -0.397 e. The van der Waals surface area contributed by atoms with Gasteiger partial charge in [0.1, 0.15) is 0 Å². The van der Waals surface area contributed by atoms with E-state index < -0.39 is 0 Å². The summed E-state index contributed by atoms with van der Waals surface area (Å²) in [6.45, 7) is 0.793. The molecule has 1 aromatic carbocycles. The predicted octanol–water partition coefficient (Wildman–Crippen LogP) is 2.85. The van der Waals surface area contributed by atoms with Gasteiger partial charge in [-0.05, 0) is 35.9 Å². The molecule has 2 aromatic heterocycles. The lowest BCUT2D eigenvalue weighted by Crippen LogP contribution is -2.17. The first-order valence-electron chi connectivity index (χ1n) is 6.49. The average Bonchev–Trinajstić information content (AvgIpc) is 2.49. The molecule has 0 radical (unpaired) electrons. The number of fused-ring (bicyclic) bond motifs is 1. The molecule has 2 N–H and O–H groups in total. The molecule has 2 heterocycles. The molecule has 100 valence electrons. The number of benzene rings is 1. The van der Waals surface area contributed by atoms with Crippen molar-refractivity contribution < 1.29 is 0 Å². The van der Waals surface area contributed by atoms with Crippen molar-refractivity contribution in [3.8, 4) is 0 Å². The van der Waals surface area contributed by atoms with E-state index in [9.17, 15) is 0 Å². The summed E-state index contributed by atoms with van der Waals surface area (Å²) in [4.78, 5) is 10.7. The van der Waals surface area contributed by atoms with Crippen LogP contribution in [-0.4, -0.2) is 17.0 Å². The molecule has 20 heavy (non-hydrogen) atoms. The number of nitrogen functional groups attached to an aromatic ring is 1. The van der Waals surface area contributed by atoms with Gasteiger partial charge >= 0.3 is 0 Å². The molecule has 0 atom stereocenters. The standard InChI is InChI=1S/C16H16N4/c1-20(11-12-4-2-8-18-10-12)15-7-6-14(17)16-13(15)5-3-9-19-16/h2-10H,11,17H2,1H3. The van der Waals surface area contributed by atoms with Gasteiger partial charge in [0.2, 0.25) is 0 Å². The van der Waals surface area contributed by atoms with Crippen molar-refractivity contribution in [2.75, 3.05) is 17.7 Å². The Kier molecular flexibility index (Phi) is 3.21. The van der Waals surface area contributed by atoms with Crippen molar-refractivity contribution in [2.45, 2.75) is 6.54 Å². The van der Waals surface area contributed by atoms with Crippen LogP contribution in [0.1, 0.15) is 5.56 Å². The van der Waals surface area contributed by atoms with Crippen molar-refractivity contribution in [1.82, 2.24) is 9.97 Å². The highest BCUT2D eigenvalue weighted by Gasteiger charge is 2.09. The Bertz CT molecular complexity index is 725. The highest BCUT2D eigenvalue weighted by Crippen LogP contribution is 2.29. The van der Waals surface area contributed by atoms with E-state index in [4.69, 9.17) is 5.73 Å². The molecule has 0 saturated carbocycles. The van der Waals surface area contributed by atoms with E-state index in [1.807, 2.05) is 36.5 Å². The van der Waals surface area contributed by atoms with Crippen molar-refractivity contribution in [1.29, 1.82) is 0 Å². The fourth-order valence-electron chi connectivity index (χ4n) is 2.36. The minimum atomic E-state index is 0.708. The summed E-state index contributed by atoms with van der Waals surface area (Å²) in [5, 5.41) is 1.07. The third-order valence-electron chi connectivity index (χ3n) is 3.33. The summed E-state index contributed by atoms with van der Waals surface area (Å²) >= 11 is 0. The third kappa shape index (κ3) is 2.28. The Hall–Kier alpha value is -2.62. The van der Waals surface area contributed by atoms with Gasteiger partial charge in [0.25, 0.3) is 0 Å². The second-order valence-electron chi connectivity index (χ2n) is 4.79. The molecule has 4 heteroatoms. The van der Waals surface area contributed by atoms with Crippen LogP contribution in [0.2, 0.25) is 0 Å². The summed E-state index contributed by atoms with van der Waals surface area (Å²) in [6, 6.07) is 11.9. The summed E-state index contributed by atoms with van der Waals surface area (Å²) in [5.41, 5.74) is 9.83. The SMILES string of the molecule is CN(Cc1cccnc1)c1ccc(N)c2ncccc12. The van der Waals surface area contributed by atoms with E-state index in [2.05, 4.69) is 28.0 Å². The summed E-state index contributed by atoms with van der Waals surface area (Å²) in [5.74, 6) is 0. The quantitative estimate of drug-likeness (QED) is 0.739. The van der Waals surface area contributed by atoms with Gasteiger partial charge in [0, 0.05) is 43.3 Å². The van der Waals surface area contributed by atoms with E-state index in [0.717, 1.165) is 23.1 Å². The molecular formula is C16H16N4. The smallest absolute Gasteiger partial charge is 0.0951 e. The molecule has 0 spiro atoms. The number of aromatic nitrogens is 2. The van der Waals surface area contributed by atoms with Gasteiger partial charge in [-0.25, -0.2) is 0 Å². The van der Waals surface area contributed by atoms with E-state index in [0.29, 0.717) is 5.69 Å². The number of rotatable bonds is 3. The number of hydrogen-bond acceptors (Lipinski definition) is 4. The topological polar surface area (TPSA) is 55.0 Å². The third-order valence-corrected chi connectivity index (χ3v) is 3.33. The van der Waals surface area contributed by atoms with Crippen LogP contribution in [0.15, 0.2) is 55.0 Å². The molecule has 0 aliphatic carbocycles. The zero-order chi connectivity index (χ0) is 13.9. The van der Waals surface area contributed by atoms with Crippen molar-refractivity contribution in [2.24, 2.45) is 0 Å². The lowest BCUT2D eigenvalue weighted by atomic mass is 10.1. The van der Waals surface area contributed by atoms with Gasteiger partial charge in [-0.1, -0.05) is 6.07 Å². The summed E-state index contributed by atoms with van der Waals surface area (Å²) in [6.07, 6.45) is 5.43. The first-order chi connectivity index (χ1) is 9.75. The van der Waals surface area contributed by atoms with Crippen molar-refractivity contribution in [3.63, 3.8) is 0 Å². The molecule has 3 aromatic rings. The molecule has 0 bridgehead atoms. The lowest BCUT2D eigenvalue weighted by Gasteiger charge is -2.21. The average molecular weight is 264 g/mol. The van der Waals surface area contributed by atoms with Crippen molar-refractivity contribution >= 4 is 22.3 Å². The van der Waals surface area contributed by atoms with Crippen molar-refractivity contribution in [3.05, 3.63) is 60.6 Å². The van der Waals surface area contributed by atoms with Gasteiger partial charge in [0.15, 0.2) is 0 Å². The second kappa shape index (κ2) is 5.17. The zero-order valence-electron chi connectivity index (χ0n) is 11.3. The molecule has 0 saturated heterocycles. The number of hydrogen-bond donors (Lipinski definition) is 1. The Morgan fingerprint density at radius 2 is 1.95 bits per heavy atom. The monoisotopic (exact) mass is 264 g/mol. The predicted molar refractivity (Wildman–Crippen MR) is 82.5 cm³/mol. The van der Waals surface area contributed by atoms with Crippen LogP contribution >= 0.6 is 0 Å². The highest BCUT2D eigenvalue weighted by molar-refractivity contribution is 5.98. The van der Waals surface area contributed by atoms with E-state index in [1.165, 1.54) is 5.56 Å². The minimum absolute atomic E-state index is 0.708. The fraction of sp³-hybridized carbons (Fsp3) is 0.125. The Balaban J connectivity index is 2.00. The number of anilines is 2. The van der Waals surface area contributed by atoms with Crippen LogP contribution in [0.5, 0.6) is 0 Å². The first-order valence-corrected chi connectivity index (χ1v) is 6.49. The van der Waals surface area contributed by atoms with Crippen LogP contribution in [0.3, 0.4) is 0 Å². The Labute approximate surface area is 117 Å². The lowest BCUT2D eigenvalue weighted by molar-refractivity contribution is 0.920. The molecule has 4 nitrogen and oxygen atoms in total. The van der Waals surface area contributed by atoms with Gasteiger partial charge < -0.3 is 10.6 Å². The summed E-state index contributed by atoms with van der Waals surface area (Å²) < 4.78 is 0. The van der Waals surface area contributed by atoms with Gasteiger partial charge in [-0.2, -0.15) is 0 Å². The maximum atomic E-state index is 5.99. The first kappa shape index (κ1) is 12.4. The van der Waals surface area contributed by atoms with Crippen LogP contribution in [-0.2, 0) is 6.54 Å². The van der Waals surface area contributed by atoms with Gasteiger partial charge in [-0.3, -0.25) is 9.97 Å². The van der Waals surface area contributed by atoms with E-state index >= 15 is 0 Å². The molecule has 0 fully saturated rings. The van der Waals surface area contributed by atoms with Gasteiger partial charge in [0.05, 0.1) is 11.2 Å². The number of nitrogens with zero attached hydrogens (tertiary/aromatic N) is 3. The molecule has 0 aliphatic rings. The number of nitrogens with two attached hydrogens (primary N) is 1. The van der Waals surface area contributed by atoms with E-state index in [1.54, 1.807) is 12.4 Å². The van der Waals surface area contributed by atoms with Crippen LogP contribution in [0.25, 0.3) is 10.9 Å². The van der Waals surface area contributed by atoms with E-state index in [-0.39, 0.29) is 0 Å². The fourth-order valence-corrected chi connectivity index (χ4v) is 2.36. The van der Waals surface area contributed by atoms with Crippen LogP contribution in [0.4, 0.5) is 11.4 Å². The Morgan fingerprint density at radius 1 is 1.10 bits per heavy atom. The summed E-state index contributed by atoms with van der Waals surface area (Å²) in [7, 11) is 2.06. The molecule has 0 amide bonds. The number of pyridine rings is 2. The maximum absolute atomic E-state index is 5.99. The van der Waals surface area contributed by atoms with Gasteiger partial charge in [-0.15, -0.1) is 0 Å². The molecule has 0 unspecified atom stereocenters. The zero-order valence-corrected chi connectivity index (χ0v) is 11.3. The Morgan fingerprint density at radius 3 is 2.75 bits per heavy atom.